The van der Waals surface area contributed by atoms with Gasteiger partial charge in [0.05, 0.1) is 12.1 Å². The standard InChI is InChI=1S/C19H23N5O3.2ClH/c1-12(25)22-17-9-16(11-21-19(17)23-13(2)26)8-5-14-3-6-15(7-4-14)10-18(27)24-20;;/h3-4,6-7,9,11H,5,8,10,20H2,1-2H3,(H,22,25)(H,24,27)(H,21,23,26);2*1H. The van der Waals surface area contributed by atoms with Crippen molar-refractivity contribution in [1.82, 2.24) is 10.4 Å². The predicted octanol–water partition coefficient (Wildman–Crippen LogP) is 2.16. The minimum atomic E-state index is -0.259. The summed E-state index contributed by atoms with van der Waals surface area (Å²) in [4.78, 5) is 38.2. The second-order valence-electron chi connectivity index (χ2n) is 6.16. The Morgan fingerprint density at radius 1 is 0.897 bits per heavy atom. The Hall–Kier alpha value is -2.68. The Kier molecular flexibility index (Phi) is 11.5. The summed E-state index contributed by atoms with van der Waals surface area (Å²) in [7, 11) is 0. The zero-order valence-corrected chi connectivity index (χ0v) is 17.8. The molecule has 3 amide bonds. The van der Waals surface area contributed by atoms with E-state index in [-0.39, 0.29) is 49.0 Å². The van der Waals surface area contributed by atoms with Gasteiger partial charge in [-0.3, -0.25) is 19.8 Å². The number of nitrogens with zero attached hydrogens (tertiary/aromatic N) is 1. The highest BCUT2D eigenvalue weighted by Crippen LogP contribution is 2.21. The van der Waals surface area contributed by atoms with Gasteiger partial charge in [0.2, 0.25) is 17.7 Å². The molecular formula is C19H25Cl2N5O3. The second-order valence-corrected chi connectivity index (χ2v) is 6.16. The van der Waals surface area contributed by atoms with Crippen molar-refractivity contribution >= 4 is 54.0 Å². The Bertz CT molecular complexity index is 844. The first-order valence-electron chi connectivity index (χ1n) is 8.48. The lowest BCUT2D eigenvalue weighted by Gasteiger charge is -2.11. The number of halogens is 2. The number of aromatic nitrogens is 1. The van der Waals surface area contributed by atoms with Gasteiger partial charge in [0.15, 0.2) is 5.82 Å². The molecule has 0 aliphatic heterocycles. The van der Waals surface area contributed by atoms with E-state index < -0.39 is 0 Å². The molecule has 1 aromatic heterocycles. The van der Waals surface area contributed by atoms with Gasteiger partial charge >= 0.3 is 0 Å². The molecule has 0 saturated heterocycles. The van der Waals surface area contributed by atoms with Crippen molar-refractivity contribution < 1.29 is 14.4 Å². The zero-order valence-electron chi connectivity index (χ0n) is 16.2. The van der Waals surface area contributed by atoms with E-state index in [1.165, 1.54) is 13.8 Å². The van der Waals surface area contributed by atoms with E-state index in [9.17, 15) is 14.4 Å². The van der Waals surface area contributed by atoms with Crippen molar-refractivity contribution in [2.24, 2.45) is 5.84 Å². The first-order valence-corrected chi connectivity index (χ1v) is 8.48. The minimum absolute atomic E-state index is 0. The van der Waals surface area contributed by atoms with E-state index in [4.69, 9.17) is 5.84 Å². The number of hydrazine groups is 1. The number of amides is 3. The summed E-state index contributed by atoms with van der Waals surface area (Å²) in [5.74, 6) is 4.67. The number of carbonyl (C=O) groups excluding carboxylic acids is 3. The number of carbonyl (C=O) groups is 3. The fraction of sp³-hybridized carbons (Fsp3) is 0.263. The average molecular weight is 442 g/mol. The van der Waals surface area contributed by atoms with Crippen molar-refractivity contribution in [2.45, 2.75) is 33.1 Å². The van der Waals surface area contributed by atoms with Crippen molar-refractivity contribution in [3.8, 4) is 0 Å². The molecule has 0 atom stereocenters. The fourth-order valence-corrected chi connectivity index (χ4v) is 2.54. The minimum Gasteiger partial charge on any atom is -0.323 e. The summed E-state index contributed by atoms with van der Waals surface area (Å²) in [5, 5.41) is 5.28. The van der Waals surface area contributed by atoms with Gasteiger partial charge in [-0.25, -0.2) is 10.8 Å². The molecule has 0 aliphatic rings. The molecule has 2 aromatic rings. The van der Waals surface area contributed by atoms with Gasteiger partial charge in [-0.2, -0.15) is 0 Å². The summed E-state index contributed by atoms with van der Waals surface area (Å²) >= 11 is 0. The van der Waals surface area contributed by atoms with Gasteiger partial charge < -0.3 is 10.6 Å². The van der Waals surface area contributed by atoms with Gasteiger partial charge in [-0.05, 0) is 35.6 Å². The van der Waals surface area contributed by atoms with Crippen molar-refractivity contribution in [3.63, 3.8) is 0 Å². The first kappa shape index (κ1) is 26.3. The number of benzene rings is 1. The van der Waals surface area contributed by atoms with Crippen LogP contribution in [-0.4, -0.2) is 22.7 Å². The van der Waals surface area contributed by atoms with Crippen LogP contribution in [-0.2, 0) is 33.6 Å². The van der Waals surface area contributed by atoms with Crippen LogP contribution < -0.4 is 21.9 Å². The van der Waals surface area contributed by atoms with Gasteiger partial charge in [-0.15, -0.1) is 24.8 Å². The largest absolute Gasteiger partial charge is 0.323 e. The van der Waals surface area contributed by atoms with E-state index in [0.717, 1.165) is 23.1 Å². The lowest BCUT2D eigenvalue weighted by Crippen LogP contribution is -2.31. The molecule has 29 heavy (non-hydrogen) atoms. The molecule has 0 aliphatic carbocycles. The number of rotatable bonds is 7. The summed E-state index contributed by atoms with van der Waals surface area (Å²) in [6, 6.07) is 9.52. The molecule has 0 spiro atoms. The third-order valence-electron chi connectivity index (χ3n) is 3.80. The molecule has 0 unspecified atom stereocenters. The molecule has 1 aromatic carbocycles. The molecule has 0 fully saturated rings. The molecule has 158 valence electrons. The Balaban J connectivity index is 0.00000392. The highest BCUT2D eigenvalue weighted by atomic mass is 35.5. The number of aryl methyl sites for hydroxylation is 2. The van der Waals surface area contributed by atoms with Crippen LogP contribution in [0.1, 0.15) is 30.5 Å². The normalized spacial score (nSPS) is 9.48. The summed E-state index contributed by atoms with van der Waals surface area (Å²) in [6.07, 6.45) is 3.40. The van der Waals surface area contributed by atoms with E-state index in [2.05, 4.69) is 21.0 Å². The molecular weight excluding hydrogens is 417 g/mol. The topological polar surface area (TPSA) is 126 Å². The summed E-state index contributed by atoms with van der Waals surface area (Å²) in [5.41, 5.74) is 5.50. The Labute approximate surface area is 181 Å². The van der Waals surface area contributed by atoms with Gasteiger partial charge in [0.1, 0.15) is 0 Å². The maximum atomic E-state index is 11.4. The lowest BCUT2D eigenvalue weighted by atomic mass is 10.0. The predicted molar refractivity (Wildman–Crippen MR) is 117 cm³/mol. The van der Waals surface area contributed by atoms with Gasteiger partial charge in [-0.1, -0.05) is 24.3 Å². The smallest absolute Gasteiger partial charge is 0.238 e. The van der Waals surface area contributed by atoms with E-state index in [1.807, 2.05) is 24.3 Å². The third-order valence-corrected chi connectivity index (χ3v) is 3.80. The second kappa shape index (κ2) is 12.7. The number of nitrogens with one attached hydrogen (secondary N) is 3. The molecule has 10 heteroatoms. The van der Waals surface area contributed by atoms with Crippen LogP contribution in [0.5, 0.6) is 0 Å². The number of hydrogen-bond donors (Lipinski definition) is 4. The van der Waals surface area contributed by atoms with E-state index in [1.54, 1.807) is 12.3 Å². The Morgan fingerprint density at radius 3 is 2.00 bits per heavy atom. The number of pyridine rings is 1. The number of anilines is 2. The van der Waals surface area contributed by atoms with Crippen LogP contribution in [0.3, 0.4) is 0 Å². The number of hydrogen-bond acceptors (Lipinski definition) is 5. The molecule has 2 rings (SSSR count). The third kappa shape index (κ3) is 8.91. The van der Waals surface area contributed by atoms with E-state index >= 15 is 0 Å². The molecule has 8 nitrogen and oxygen atoms in total. The van der Waals surface area contributed by atoms with Crippen molar-refractivity contribution in [1.29, 1.82) is 0 Å². The monoisotopic (exact) mass is 441 g/mol. The maximum absolute atomic E-state index is 11.4. The summed E-state index contributed by atoms with van der Waals surface area (Å²) < 4.78 is 0. The fourth-order valence-electron chi connectivity index (χ4n) is 2.54. The molecule has 0 radical (unpaired) electrons. The number of nitrogens with two attached hydrogens (primary N) is 1. The van der Waals surface area contributed by atoms with Crippen LogP contribution in [0.4, 0.5) is 11.5 Å². The first-order chi connectivity index (χ1) is 12.9. The van der Waals surface area contributed by atoms with Crippen molar-refractivity contribution in [2.75, 3.05) is 10.6 Å². The van der Waals surface area contributed by atoms with E-state index in [0.29, 0.717) is 17.9 Å². The highest BCUT2D eigenvalue weighted by molar-refractivity contribution is 5.96. The maximum Gasteiger partial charge on any atom is 0.238 e. The van der Waals surface area contributed by atoms with Gasteiger partial charge in [0.25, 0.3) is 0 Å². The van der Waals surface area contributed by atoms with Crippen LogP contribution in [0.25, 0.3) is 0 Å². The molecule has 1 heterocycles. The SMILES string of the molecule is CC(=O)Nc1cc(CCc2ccc(CC(=O)NN)cc2)cnc1NC(C)=O.Cl.Cl. The highest BCUT2D eigenvalue weighted by Gasteiger charge is 2.09. The zero-order chi connectivity index (χ0) is 19.8. The van der Waals surface area contributed by atoms with Crippen LogP contribution in [0.2, 0.25) is 0 Å². The quantitative estimate of drug-likeness (QED) is 0.297. The Morgan fingerprint density at radius 2 is 1.45 bits per heavy atom. The van der Waals surface area contributed by atoms with Crippen LogP contribution in [0, 0.1) is 0 Å². The molecule has 0 bridgehead atoms. The van der Waals surface area contributed by atoms with Crippen LogP contribution >= 0.6 is 24.8 Å². The van der Waals surface area contributed by atoms with Crippen LogP contribution in [0.15, 0.2) is 36.5 Å². The molecule has 0 saturated carbocycles. The summed E-state index contributed by atoms with van der Waals surface area (Å²) in [6.45, 7) is 2.78. The average Bonchev–Trinajstić information content (AvgIpc) is 2.62. The van der Waals surface area contributed by atoms with Gasteiger partial charge in [0, 0.05) is 20.0 Å². The molecule has 5 N–H and O–H groups in total. The van der Waals surface area contributed by atoms with Crippen molar-refractivity contribution in [3.05, 3.63) is 53.2 Å². The lowest BCUT2D eigenvalue weighted by molar-refractivity contribution is -0.120.